The van der Waals surface area contributed by atoms with Crippen LogP contribution >= 0.6 is 0 Å². The zero-order valence-corrected chi connectivity index (χ0v) is 13.7. The highest BCUT2D eigenvalue weighted by Gasteiger charge is 2.34. The van der Waals surface area contributed by atoms with Crippen LogP contribution in [0.15, 0.2) is 12.2 Å². The number of allylic oxidation sites excluding steroid dienone is 2. The molecule has 0 aromatic rings. The highest BCUT2D eigenvalue weighted by Crippen LogP contribution is 2.34. The van der Waals surface area contributed by atoms with Gasteiger partial charge in [0.25, 0.3) is 0 Å². The summed E-state index contributed by atoms with van der Waals surface area (Å²) in [6, 6.07) is -0.849. The number of Topliss-reactive ketones (excluding diaryl/α,β-unsaturated/α-hetero) is 1. The Morgan fingerprint density at radius 1 is 1.32 bits per heavy atom. The fourth-order valence-electron chi connectivity index (χ4n) is 3.01. The van der Waals surface area contributed by atoms with Gasteiger partial charge in [0, 0.05) is 19.3 Å². The molecular weight excluding hydrogens is 282 g/mol. The normalized spacial score (nSPS) is 23.2. The molecule has 0 spiro atoms. The molecule has 5 nitrogen and oxygen atoms in total. The Balaban J connectivity index is 2.58. The van der Waals surface area contributed by atoms with Gasteiger partial charge in [0.15, 0.2) is 0 Å². The maximum atomic E-state index is 12.1. The van der Waals surface area contributed by atoms with Crippen LogP contribution in [0.2, 0.25) is 0 Å². The Kier molecular flexibility index (Phi) is 7.28. The van der Waals surface area contributed by atoms with E-state index in [1.165, 1.54) is 0 Å². The fourth-order valence-corrected chi connectivity index (χ4v) is 3.01. The number of carboxylic acid groups (broad SMARTS) is 1. The van der Waals surface area contributed by atoms with E-state index in [0.29, 0.717) is 19.3 Å². The molecule has 3 atom stereocenters. The first kappa shape index (κ1) is 18.4. The van der Waals surface area contributed by atoms with Crippen LogP contribution in [0.4, 0.5) is 0 Å². The molecule has 0 bridgehead atoms. The lowest BCUT2D eigenvalue weighted by molar-refractivity contribution is -0.142. The summed E-state index contributed by atoms with van der Waals surface area (Å²) in [6.45, 7) is 5.78. The van der Waals surface area contributed by atoms with Crippen LogP contribution < -0.4 is 5.32 Å². The van der Waals surface area contributed by atoms with Gasteiger partial charge in [-0.15, -0.1) is 0 Å². The maximum Gasteiger partial charge on any atom is 0.326 e. The summed E-state index contributed by atoms with van der Waals surface area (Å²) < 4.78 is 0. The zero-order valence-electron chi connectivity index (χ0n) is 13.7. The van der Waals surface area contributed by atoms with Crippen molar-refractivity contribution in [1.29, 1.82) is 0 Å². The predicted octanol–water partition coefficient (Wildman–Crippen LogP) is 2.55. The Bertz CT molecular complexity index is 442. The minimum Gasteiger partial charge on any atom is -0.480 e. The van der Waals surface area contributed by atoms with Gasteiger partial charge in [0.05, 0.1) is 0 Å². The first-order valence-corrected chi connectivity index (χ1v) is 7.98. The van der Waals surface area contributed by atoms with E-state index >= 15 is 0 Å². The van der Waals surface area contributed by atoms with Gasteiger partial charge in [-0.1, -0.05) is 26.0 Å². The van der Waals surface area contributed by atoms with Crippen LogP contribution in [0.1, 0.15) is 52.9 Å². The second kappa shape index (κ2) is 8.71. The standard InChI is InChI=1S/C17H27NO4/c1-4-5-6-12-8-14(19)9-13(12)10-16(20)18-15(17(21)22)7-11(2)3/h4-5,11-13,15H,6-10H2,1-3H3,(H,18,20)(H,21,22)/t12?,13?,15-/m0/s1. The van der Waals surface area contributed by atoms with Crippen molar-refractivity contribution in [2.45, 2.75) is 58.9 Å². The summed E-state index contributed by atoms with van der Waals surface area (Å²) in [6.07, 6.45) is 6.36. The summed E-state index contributed by atoms with van der Waals surface area (Å²) in [4.78, 5) is 34.9. The number of hydrogen-bond donors (Lipinski definition) is 2. The van der Waals surface area contributed by atoms with E-state index in [4.69, 9.17) is 5.11 Å². The van der Waals surface area contributed by atoms with E-state index in [2.05, 4.69) is 5.32 Å². The van der Waals surface area contributed by atoms with Gasteiger partial charge in [-0.2, -0.15) is 0 Å². The molecule has 0 radical (unpaired) electrons. The molecule has 1 saturated carbocycles. The SMILES string of the molecule is CC=CCC1CC(=O)CC1CC(=O)N[C@@H](CC(C)C)C(=O)O. The summed E-state index contributed by atoms with van der Waals surface area (Å²) in [7, 11) is 0. The lowest BCUT2D eigenvalue weighted by Crippen LogP contribution is -2.42. The van der Waals surface area contributed by atoms with Crippen LogP contribution in [-0.4, -0.2) is 28.8 Å². The monoisotopic (exact) mass is 309 g/mol. The van der Waals surface area contributed by atoms with Crippen LogP contribution in [0.3, 0.4) is 0 Å². The lowest BCUT2D eigenvalue weighted by atomic mass is 9.89. The molecule has 124 valence electrons. The molecule has 0 aromatic carbocycles. The minimum absolute atomic E-state index is 0.0252. The highest BCUT2D eigenvalue weighted by molar-refractivity contribution is 5.85. The third-order valence-electron chi connectivity index (χ3n) is 4.11. The number of amides is 1. The molecule has 0 aliphatic heterocycles. The number of carboxylic acids is 1. The molecule has 0 saturated heterocycles. The zero-order chi connectivity index (χ0) is 16.7. The van der Waals surface area contributed by atoms with Crippen molar-refractivity contribution in [3.05, 3.63) is 12.2 Å². The molecule has 0 aromatic heterocycles. The molecule has 2 N–H and O–H groups in total. The second-order valence-corrected chi connectivity index (χ2v) is 6.56. The first-order chi connectivity index (χ1) is 10.3. The van der Waals surface area contributed by atoms with Gasteiger partial charge in [-0.25, -0.2) is 4.79 Å². The number of hydrogen-bond acceptors (Lipinski definition) is 3. The van der Waals surface area contributed by atoms with Crippen molar-refractivity contribution < 1.29 is 19.5 Å². The summed E-state index contributed by atoms with van der Waals surface area (Å²) in [5.41, 5.74) is 0. The Hall–Kier alpha value is -1.65. The molecule has 1 aliphatic rings. The van der Waals surface area contributed by atoms with Crippen molar-refractivity contribution >= 4 is 17.7 Å². The van der Waals surface area contributed by atoms with Crippen LogP contribution in [-0.2, 0) is 14.4 Å². The average Bonchev–Trinajstić information content (AvgIpc) is 2.74. The Labute approximate surface area is 132 Å². The molecule has 1 amide bonds. The Morgan fingerprint density at radius 3 is 2.50 bits per heavy atom. The predicted molar refractivity (Wildman–Crippen MR) is 84.3 cm³/mol. The van der Waals surface area contributed by atoms with E-state index in [0.717, 1.165) is 6.42 Å². The van der Waals surface area contributed by atoms with Crippen molar-refractivity contribution in [2.24, 2.45) is 17.8 Å². The number of carbonyl (C=O) groups is 3. The molecule has 5 heteroatoms. The third-order valence-corrected chi connectivity index (χ3v) is 4.11. The number of carbonyl (C=O) groups excluding carboxylic acids is 2. The van der Waals surface area contributed by atoms with Gasteiger partial charge in [-0.3, -0.25) is 9.59 Å². The summed E-state index contributed by atoms with van der Waals surface area (Å²) in [5, 5.41) is 11.8. The van der Waals surface area contributed by atoms with E-state index < -0.39 is 12.0 Å². The number of rotatable bonds is 8. The largest absolute Gasteiger partial charge is 0.480 e. The third kappa shape index (κ3) is 6.00. The van der Waals surface area contributed by atoms with Gasteiger partial charge < -0.3 is 10.4 Å². The average molecular weight is 309 g/mol. The molecule has 0 heterocycles. The minimum atomic E-state index is -1.00. The maximum absolute atomic E-state index is 12.1. The van der Waals surface area contributed by atoms with Crippen LogP contribution in [0.25, 0.3) is 0 Å². The molecule has 1 rings (SSSR count). The van der Waals surface area contributed by atoms with Gasteiger partial charge in [0.2, 0.25) is 5.91 Å². The summed E-state index contributed by atoms with van der Waals surface area (Å²) in [5.74, 6) is -0.658. The molecule has 2 unspecified atom stereocenters. The van der Waals surface area contributed by atoms with Gasteiger partial charge >= 0.3 is 5.97 Å². The highest BCUT2D eigenvalue weighted by atomic mass is 16.4. The van der Waals surface area contributed by atoms with Crippen molar-refractivity contribution in [2.75, 3.05) is 0 Å². The van der Waals surface area contributed by atoms with Gasteiger partial charge in [0.1, 0.15) is 11.8 Å². The topological polar surface area (TPSA) is 83.5 Å². The van der Waals surface area contributed by atoms with Crippen molar-refractivity contribution in [3.63, 3.8) is 0 Å². The molecular formula is C17H27NO4. The molecule has 22 heavy (non-hydrogen) atoms. The van der Waals surface area contributed by atoms with Gasteiger partial charge in [-0.05, 0) is 37.5 Å². The fraction of sp³-hybridized carbons (Fsp3) is 0.706. The second-order valence-electron chi connectivity index (χ2n) is 6.56. The van der Waals surface area contributed by atoms with E-state index in [1.807, 2.05) is 32.9 Å². The van der Waals surface area contributed by atoms with Crippen molar-refractivity contribution in [1.82, 2.24) is 5.32 Å². The quantitative estimate of drug-likeness (QED) is 0.675. The first-order valence-electron chi connectivity index (χ1n) is 7.98. The van der Waals surface area contributed by atoms with Crippen LogP contribution in [0, 0.1) is 17.8 Å². The lowest BCUT2D eigenvalue weighted by Gasteiger charge is -2.20. The van der Waals surface area contributed by atoms with Crippen molar-refractivity contribution in [3.8, 4) is 0 Å². The smallest absolute Gasteiger partial charge is 0.326 e. The van der Waals surface area contributed by atoms with E-state index in [-0.39, 0.29) is 35.9 Å². The van der Waals surface area contributed by atoms with E-state index in [1.54, 1.807) is 0 Å². The number of nitrogens with one attached hydrogen (secondary N) is 1. The number of aliphatic carboxylic acids is 1. The molecule has 1 fully saturated rings. The Morgan fingerprint density at radius 2 is 1.95 bits per heavy atom. The van der Waals surface area contributed by atoms with Crippen LogP contribution in [0.5, 0.6) is 0 Å². The number of ketones is 1. The molecule has 1 aliphatic carbocycles. The van der Waals surface area contributed by atoms with E-state index in [9.17, 15) is 14.4 Å². The summed E-state index contributed by atoms with van der Waals surface area (Å²) >= 11 is 0.